The minimum Gasteiger partial charge on any atom is -0.357 e. The highest BCUT2D eigenvalue weighted by Gasteiger charge is 2.34. The van der Waals surface area contributed by atoms with E-state index in [1.165, 1.54) is 42.3 Å². The molecule has 0 aliphatic heterocycles. The van der Waals surface area contributed by atoms with Crippen LogP contribution in [-0.2, 0) is 26.2 Å². The number of anilines is 1. The van der Waals surface area contributed by atoms with Crippen LogP contribution in [0.1, 0.15) is 24.5 Å². The first-order valence-corrected chi connectivity index (χ1v) is 13.5. The molecule has 7 nitrogen and oxygen atoms in total. The van der Waals surface area contributed by atoms with Crippen molar-refractivity contribution in [2.45, 2.75) is 37.8 Å². The number of hydrogen-bond acceptors (Lipinski definition) is 4. The van der Waals surface area contributed by atoms with Gasteiger partial charge in [0.2, 0.25) is 11.8 Å². The Bertz CT molecular complexity index is 1350. The average Bonchev–Trinajstić information content (AvgIpc) is 2.88. The Morgan fingerprint density at radius 3 is 2.19 bits per heavy atom. The van der Waals surface area contributed by atoms with E-state index >= 15 is 0 Å². The molecule has 2 amide bonds. The van der Waals surface area contributed by atoms with Crippen molar-refractivity contribution >= 4 is 39.1 Å². The van der Waals surface area contributed by atoms with Crippen LogP contribution in [0.25, 0.3) is 0 Å². The summed E-state index contributed by atoms with van der Waals surface area (Å²) in [7, 11) is -2.87. The minimum atomic E-state index is -4.33. The molecule has 196 valence electrons. The van der Waals surface area contributed by atoms with E-state index < -0.39 is 40.2 Å². The number of benzene rings is 3. The van der Waals surface area contributed by atoms with E-state index in [1.807, 2.05) is 6.92 Å². The van der Waals surface area contributed by atoms with Crippen LogP contribution in [0.15, 0.2) is 77.7 Å². The monoisotopic (exact) mass is 545 g/mol. The number of halogens is 2. The normalized spacial score (nSPS) is 12.0. The Hall–Kier alpha value is -3.43. The number of sulfonamides is 1. The van der Waals surface area contributed by atoms with Gasteiger partial charge in [-0.1, -0.05) is 60.5 Å². The van der Waals surface area contributed by atoms with Crippen molar-refractivity contribution < 1.29 is 22.4 Å². The van der Waals surface area contributed by atoms with Gasteiger partial charge in [0.05, 0.1) is 10.6 Å². The molecule has 0 spiro atoms. The van der Waals surface area contributed by atoms with Gasteiger partial charge in [0, 0.05) is 18.6 Å². The number of carbonyl (C=O) groups excluding carboxylic acids is 2. The van der Waals surface area contributed by atoms with Crippen LogP contribution in [0.4, 0.5) is 10.1 Å². The van der Waals surface area contributed by atoms with E-state index in [0.29, 0.717) is 10.6 Å². The van der Waals surface area contributed by atoms with Crippen LogP contribution in [0.5, 0.6) is 0 Å². The van der Waals surface area contributed by atoms with Crippen molar-refractivity contribution in [1.29, 1.82) is 0 Å². The molecule has 0 radical (unpaired) electrons. The van der Waals surface area contributed by atoms with E-state index in [1.54, 1.807) is 43.3 Å². The van der Waals surface area contributed by atoms with E-state index in [9.17, 15) is 22.4 Å². The molecule has 0 saturated heterocycles. The number of para-hydroxylation sites is 1. The molecule has 0 aliphatic carbocycles. The second-order valence-electron chi connectivity index (χ2n) is 8.46. The van der Waals surface area contributed by atoms with Gasteiger partial charge in [0.25, 0.3) is 10.0 Å². The summed E-state index contributed by atoms with van der Waals surface area (Å²) in [5, 5.41) is 3.07. The molecule has 0 fully saturated rings. The predicted octanol–water partition coefficient (Wildman–Crippen LogP) is 4.54. The van der Waals surface area contributed by atoms with Crippen molar-refractivity contribution in [2.75, 3.05) is 17.9 Å². The number of aryl methyl sites for hydroxylation is 1. The number of carbonyl (C=O) groups is 2. The molecule has 0 heterocycles. The summed E-state index contributed by atoms with van der Waals surface area (Å²) in [5.74, 6) is -1.86. The molecule has 1 N–H and O–H groups in total. The summed E-state index contributed by atoms with van der Waals surface area (Å²) in [4.78, 5) is 27.6. The fourth-order valence-corrected chi connectivity index (χ4v) is 5.43. The van der Waals surface area contributed by atoms with Gasteiger partial charge in [-0.3, -0.25) is 13.9 Å². The first kappa shape index (κ1) is 28.1. The summed E-state index contributed by atoms with van der Waals surface area (Å²) in [6, 6.07) is 17.3. The smallest absolute Gasteiger partial charge is 0.264 e. The first-order valence-electron chi connectivity index (χ1n) is 11.7. The van der Waals surface area contributed by atoms with Crippen LogP contribution in [-0.4, -0.2) is 44.8 Å². The number of likely N-dealkylation sites (N-methyl/N-ethyl adjacent to an activating group) is 1. The third-order valence-electron chi connectivity index (χ3n) is 5.91. The van der Waals surface area contributed by atoms with Gasteiger partial charge in [-0.15, -0.1) is 0 Å². The van der Waals surface area contributed by atoms with Crippen molar-refractivity contribution in [3.05, 3.63) is 94.8 Å². The van der Waals surface area contributed by atoms with Crippen LogP contribution in [0, 0.1) is 12.7 Å². The lowest BCUT2D eigenvalue weighted by Crippen LogP contribution is -2.51. The summed E-state index contributed by atoms with van der Waals surface area (Å²) < 4.78 is 43.0. The lowest BCUT2D eigenvalue weighted by atomic mass is 10.1. The molecule has 10 heteroatoms. The molecule has 1 atom stereocenters. The van der Waals surface area contributed by atoms with Crippen LogP contribution >= 0.6 is 11.6 Å². The highest BCUT2D eigenvalue weighted by molar-refractivity contribution is 7.92. The Kier molecular flexibility index (Phi) is 9.29. The largest absolute Gasteiger partial charge is 0.357 e. The molecule has 1 unspecified atom stereocenters. The fraction of sp³-hybridized carbons (Fsp3) is 0.259. The van der Waals surface area contributed by atoms with Gasteiger partial charge in [0.15, 0.2) is 0 Å². The molecule has 0 saturated carbocycles. The Morgan fingerprint density at radius 2 is 1.62 bits per heavy atom. The number of rotatable bonds is 10. The highest BCUT2D eigenvalue weighted by atomic mass is 35.5. The number of hydrogen-bond donors (Lipinski definition) is 1. The maximum atomic E-state index is 14.9. The predicted molar refractivity (Wildman–Crippen MR) is 142 cm³/mol. The molecule has 0 aromatic heterocycles. The highest BCUT2D eigenvalue weighted by Crippen LogP contribution is 2.27. The Balaban J connectivity index is 2.06. The zero-order valence-electron chi connectivity index (χ0n) is 20.8. The maximum Gasteiger partial charge on any atom is 0.264 e. The van der Waals surface area contributed by atoms with Crippen molar-refractivity contribution in [2.24, 2.45) is 0 Å². The second-order valence-corrected chi connectivity index (χ2v) is 10.8. The number of amides is 2. The molecule has 3 aromatic carbocycles. The summed E-state index contributed by atoms with van der Waals surface area (Å²) in [6.45, 7) is 2.88. The van der Waals surface area contributed by atoms with Crippen molar-refractivity contribution in [1.82, 2.24) is 10.2 Å². The zero-order chi connectivity index (χ0) is 27.2. The van der Waals surface area contributed by atoms with Gasteiger partial charge in [-0.2, -0.15) is 0 Å². The SMILES string of the molecule is CCC(C(=O)NC)N(Cc1ccc(Cl)cc1)C(=O)CN(c1ccccc1F)S(=O)(=O)c1ccc(C)cc1. The second kappa shape index (κ2) is 12.2. The third-order valence-corrected chi connectivity index (χ3v) is 7.93. The fourth-order valence-electron chi connectivity index (χ4n) is 3.88. The van der Waals surface area contributed by atoms with Crippen LogP contribution in [0.3, 0.4) is 0 Å². The molecule has 37 heavy (non-hydrogen) atoms. The average molecular weight is 546 g/mol. The molecule has 0 aliphatic rings. The lowest BCUT2D eigenvalue weighted by molar-refractivity contribution is -0.140. The Labute approximate surface area is 221 Å². The van der Waals surface area contributed by atoms with E-state index in [2.05, 4.69) is 5.32 Å². The quantitative estimate of drug-likeness (QED) is 0.405. The van der Waals surface area contributed by atoms with Gasteiger partial charge < -0.3 is 10.2 Å². The minimum absolute atomic E-state index is 0.0254. The first-order chi connectivity index (χ1) is 17.6. The standard InChI is InChI=1S/C27H29ClFN3O4S/c1-4-24(27(34)30-3)31(17-20-11-13-21(28)14-12-20)26(33)18-32(25-8-6-5-7-23(25)29)37(35,36)22-15-9-19(2)10-16-22/h5-16,24H,4,17-18H2,1-3H3,(H,30,34). The van der Waals surface area contributed by atoms with Gasteiger partial charge in [-0.05, 0) is 55.3 Å². The summed E-state index contributed by atoms with van der Waals surface area (Å²) in [5.41, 5.74) is 1.27. The molecular weight excluding hydrogens is 517 g/mol. The van der Waals surface area contributed by atoms with Crippen LogP contribution in [0.2, 0.25) is 5.02 Å². The van der Waals surface area contributed by atoms with Gasteiger partial charge in [-0.25, -0.2) is 12.8 Å². The molecule has 0 bridgehead atoms. The topological polar surface area (TPSA) is 86.8 Å². The van der Waals surface area contributed by atoms with E-state index in [4.69, 9.17) is 11.6 Å². The van der Waals surface area contributed by atoms with Crippen molar-refractivity contribution in [3.8, 4) is 0 Å². The molecular formula is C27H29ClFN3O4S. The van der Waals surface area contributed by atoms with E-state index in [-0.39, 0.29) is 23.5 Å². The maximum absolute atomic E-state index is 14.9. The third kappa shape index (κ3) is 6.67. The van der Waals surface area contributed by atoms with Crippen molar-refractivity contribution in [3.63, 3.8) is 0 Å². The summed E-state index contributed by atoms with van der Waals surface area (Å²) in [6.07, 6.45) is 0.281. The van der Waals surface area contributed by atoms with Gasteiger partial charge >= 0.3 is 0 Å². The molecule has 3 rings (SSSR count). The van der Waals surface area contributed by atoms with Gasteiger partial charge in [0.1, 0.15) is 18.4 Å². The number of nitrogens with one attached hydrogen (secondary N) is 1. The number of nitrogens with zero attached hydrogens (tertiary/aromatic N) is 2. The Morgan fingerprint density at radius 1 is 1.00 bits per heavy atom. The lowest BCUT2D eigenvalue weighted by Gasteiger charge is -2.33. The summed E-state index contributed by atoms with van der Waals surface area (Å²) >= 11 is 5.99. The van der Waals surface area contributed by atoms with Crippen LogP contribution < -0.4 is 9.62 Å². The zero-order valence-corrected chi connectivity index (χ0v) is 22.4. The molecule has 3 aromatic rings. The van der Waals surface area contributed by atoms with E-state index in [0.717, 1.165) is 15.9 Å².